The minimum atomic E-state index is -1.54. The molecule has 0 aliphatic carbocycles. The number of thiophene rings is 1. The van der Waals surface area contributed by atoms with Crippen molar-refractivity contribution in [1.82, 2.24) is 15.0 Å². The lowest BCUT2D eigenvalue weighted by Gasteiger charge is -2.10. The van der Waals surface area contributed by atoms with Gasteiger partial charge in [0, 0.05) is 40.7 Å². The molecule has 0 spiro atoms. The average Bonchev–Trinajstić information content (AvgIpc) is 3.02. The van der Waals surface area contributed by atoms with Gasteiger partial charge in [0.15, 0.2) is 23.3 Å². The van der Waals surface area contributed by atoms with Gasteiger partial charge in [-0.05, 0) is 24.6 Å². The Kier molecular flexibility index (Phi) is 4.70. The van der Waals surface area contributed by atoms with E-state index in [0.29, 0.717) is 32.3 Å². The summed E-state index contributed by atoms with van der Waals surface area (Å²) in [6, 6.07) is 5.22. The maximum absolute atomic E-state index is 13.6. The number of benzene rings is 1. The van der Waals surface area contributed by atoms with Crippen LogP contribution in [0.1, 0.15) is 10.4 Å². The molecule has 0 aliphatic rings. The van der Waals surface area contributed by atoms with E-state index in [2.05, 4.69) is 20.3 Å². The zero-order valence-corrected chi connectivity index (χ0v) is 15.3. The lowest BCUT2D eigenvalue weighted by molar-refractivity contribution is 0.285. The fourth-order valence-corrected chi connectivity index (χ4v) is 3.85. The molecule has 9 heteroatoms. The van der Waals surface area contributed by atoms with E-state index in [0.717, 1.165) is 17.7 Å². The molecular formula is C19H13F3N4OS. The molecule has 2 N–H and O–H groups in total. The highest BCUT2D eigenvalue weighted by molar-refractivity contribution is 7.18. The van der Waals surface area contributed by atoms with Gasteiger partial charge in [0.25, 0.3) is 0 Å². The van der Waals surface area contributed by atoms with Crippen molar-refractivity contribution in [3.63, 3.8) is 0 Å². The number of nitrogens with one attached hydrogen (secondary N) is 1. The number of aliphatic hydroxyl groups excluding tert-OH is 1. The number of rotatable bonds is 4. The summed E-state index contributed by atoms with van der Waals surface area (Å²) in [7, 11) is 0. The Balaban J connectivity index is 1.91. The smallest absolute Gasteiger partial charge is 0.194 e. The molecule has 0 unspecified atom stereocenters. The first-order chi connectivity index (χ1) is 13.5. The van der Waals surface area contributed by atoms with Crippen molar-refractivity contribution in [3.8, 4) is 11.4 Å². The van der Waals surface area contributed by atoms with Crippen LogP contribution in [-0.2, 0) is 6.61 Å². The molecule has 0 saturated carbocycles. The summed E-state index contributed by atoms with van der Waals surface area (Å²) >= 11 is 1.30. The molecular weight excluding hydrogens is 389 g/mol. The van der Waals surface area contributed by atoms with Gasteiger partial charge in [0.2, 0.25) is 0 Å². The van der Waals surface area contributed by atoms with Crippen LogP contribution in [0.5, 0.6) is 0 Å². The zero-order chi connectivity index (χ0) is 19.8. The lowest BCUT2D eigenvalue weighted by atomic mass is 10.2. The van der Waals surface area contributed by atoms with E-state index >= 15 is 0 Å². The highest BCUT2D eigenvalue weighted by Crippen LogP contribution is 2.36. The lowest BCUT2D eigenvalue weighted by Crippen LogP contribution is -2.01. The Bertz CT molecular complexity index is 1160. The predicted octanol–water partition coefficient (Wildman–Crippen LogP) is 4.71. The third kappa shape index (κ3) is 3.19. The molecule has 0 amide bonds. The number of nitrogens with zero attached hydrogens (tertiary/aromatic N) is 3. The summed E-state index contributed by atoms with van der Waals surface area (Å²) in [6.45, 7) is 1.63. The van der Waals surface area contributed by atoms with Crippen molar-refractivity contribution in [3.05, 3.63) is 64.6 Å². The summed E-state index contributed by atoms with van der Waals surface area (Å²) in [5, 5.41) is 13.0. The van der Waals surface area contributed by atoms with Crippen molar-refractivity contribution in [2.45, 2.75) is 13.5 Å². The first-order valence-corrected chi connectivity index (χ1v) is 9.02. The van der Waals surface area contributed by atoms with Gasteiger partial charge in [0.1, 0.15) is 10.6 Å². The Morgan fingerprint density at radius 1 is 1.14 bits per heavy atom. The van der Waals surface area contributed by atoms with Crippen LogP contribution in [0.3, 0.4) is 0 Å². The normalized spacial score (nSPS) is 11.2. The average molecular weight is 402 g/mol. The number of anilines is 2. The second-order valence-electron chi connectivity index (χ2n) is 6.00. The van der Waals surface area contributed by atoms with E-state index in [1.165, 1.54) is 11.3 Å². The Hall–Kier alpha value is -3.04. The van der Waals surface area contributed by atoms with E-state index in [-0.39, 0.29) is 12.3 Å². The van der Waals surface area contributed by atoms with Crippen molar-refractivity contribution in [1.29, 1.82) is 0 Å². The number of pyridine rings is 1. The van der Waals surface area contributed by atoms with Gasteiger partial charge >= 0.3 is 0 Å². The van der Waals surface area contributed by atoms with Crippen LogP contribution < -0.4 is 5.32 Å². The Morgan fingerprint density at radius 3 is 2.54 bits per heavy atom. The number of hydrogen-bond acceptors (Lipinski definition) is 6. The van der Waals surface area contributed by atoms with E-state index in [1.54, 1.807) is 31.5 Å². The Morgan fingerprint density at radius 2 is 1.89 bits per heavy atom. The number of aryl methyl sites for hydroxylation is 1. The monoisotopic (exact) mass is 402 g/mol. The van der Waals surface area contributed by atoms with Gasteiger partial charge in [-0.25, -0.2) is 23.1 Å². The first-order valence-electron chi connectivity index (χ1n) is 8.20. The summed E-state index contributed by atoms with van der Waals surface area (Å²) < 4.78 is 40.5. The van der Waals surface area contributed by atoms with Crippen LogP contribution in [0.25, 0.3) is 21.6 Å². The van der Waals surface area contributed by atoms with Crippen molar-refractivity contribution < 1.29 is 18.3 Å². The highest BCUT2D eigenvalue weighted by Gasteiger charge is 2.18. The molecule has 28 heavy (non-hydrogen) atoms. The largest absolute Gasteiger partial charge is 0.391 e. The molecule has 0 saturated heterocycles. The molecule has 3 heterocycles. The SMILES string of the molecule is Cc1c(CO)sc2nc(-c3cccnc3)nc(Nc3cc(F)c(F)c(F)c3)c12. The van der Waals surface area contributed by atoms with E-state index in [4.69, 9.17) is 0 Å². The van der Waals surface area contributed by atoms with E-state index in [1.807, 2.05) is 0 Å². The molecule has 0 bridgehead atoms. The van der Waals surface area contributed by atoms with Gasteiger partial charge in [0.05, 0.1) is 12.0 Å². The van der Waals surface area contributed by atoms with Crippen molar-refractivity contribution >= 4 is 33.1 Å². The molecule has 0 atom stereocenters. The van der Waals surface area contributed by atoms with Crippen LogP contribution in [0.4, 0.5) is 24.7 Å². The van der Waals surface area contributed by atoms with Gasteiger partial charge in [-0.1, -0.05) is 0 Å². The van der Waals surface area contributed by atoms with Crippen LogP contribution >= 0.6 is 11.3 Å². The summed E-state index contributed by atoms with van der Waals surface area (Å²) in [5.41, 5.74) is 1.41. The topological polar surface area (TPSA) is 70.9 Å². The van der Waals surface area contributed by atoms with Gasteiger partial charge < -0.3 is 10.4 Å². The summed E-state index contributed by atoms with van der Waals surface area (Å²) in [4.78, 5) is 14.4. The van der Waals surface area contributed by atoms with Gasteiger partial charge in [-0.15, -0.1) is 11.3 Å². The van der Waals surface area contributed by atoms with Crippen molar-refractivity contribution in [2.24, 2.45) is 0 Å². The summed E-state index contributed by atoms with van der Waals surface area (Å²) in [5.74, 6) is -3.50. The molecule has 3 aromatic heterocycles. The minimum absolute atomic E-state index is 0.00434. The third-order valence-corrected chi connectivity index (χ3v) is 5.37. The fraction of sp³-hybridized carbons (Fsp3) is 0.105. The predicted molar refractivity (Wildman–Crippen MR) is 101 cm³/mol. The number of fused-ring (bicyclic) bond motifs is 1. The van der Waals surface area contributed by atoms with Crippen LogP contribution in [0.15, 0.2) is 36.7 Å². The maximum atomic E-state index is 13.6. The van der Waals surface area contributed by atoms with E-state index < -0.39 is 17.5 Å². The fourth-order valence-electron chi connectivity index (χ4n) is 2.81. The number of aliphatic hydroxyl groups is 1. The standard InChI is InChI=1S/C19H13F3N4OS/c1-9-14(8-27)28-19-15(9)18(24-11-5-12(20)16(22)13(21)6-11)25-17(26-19)10-3-2-4-23-7-10/h2-7,27H,8H2,1H3,(H,24,25,26). The van der Waals surface area contributed by atoms with Crippen LogP contribution in [-0.4, -0.2) is 20.1 Å². The second kappa shape index (κ2) is 7.17. The minimum Gasteiger partial charge on any atom is -0.391 e. The summed E-state index contributed by atoms with van der Waals surface area (Å²) in [6.07, 6.45) is 3.21. The molecule has 1 aromatic carbocycles. The quantitative estimate of drug-likeness (QED) is 0.484. The molecule has 0 aliphatic heterocycles. The third-order valence-electron chi connectivity index (χ3n) is 4.20. The zero-order valence-electron chi connectivity index (χ0n) is 14.5. The molecule has 5 nitrogen and oxygen atoms in total. The molecule has 0 radical (unpaired) electrons. The first kappa shape index (κ1) is 18.3. The van der Waals surface area contributed by atoms with Crippen LogP contribution in [0, 0.1) is 24.4 Å². The Labute approximate surface area is 161 Å². The molecule has 4 rings (SSSR count). The molecule has 0 fully saturated rings. The number of halogens is 3. The number of aromatic nitrogens is 3. The highest BCUT2D eigenvalue weighted by atomic mass is 32.1. The number of hydrogen-bond donors (Lipinski definition) is 2. The molecule has 4 aromatic rings. The van der Waals surface area contributed by atoms with Crippen molar-refractivity contribution in [2.75, 3.05) is 5.32 Å². The van der Waals surface area contributed by atoms with Gasteiger partial charge in [-0.2, -0.15) is 0 Å². The molecule has 142 valence electrons. The second-order valence-corrected chi connectivity index (χ2v) is 7.09. The maximum Gasteiger partial charge on any atom is 0.194 e. The van der Waals surface area contributed by atoms with Crippen LogP contribution in [0.2, 0.25) is 0 Å². The van der Waals surface area contributed by atoms with E-state index in [9.17, 15) is 18.3 Å². The van der Waals surface area contributed by atoms with Gasteiger partial charge in [-0.3, -0.25) is 4.98 Å².